The molecule has 2 rings (SSSR count). The van der Waals surface area contributed by atoms with Gasteiger partial charge >= 0.3 is 0 Å². The SMILES string of the molecule is N[C@@H](C(=O)Nc1cc([N+](=O)[O-])ccc1Cl)c1ccccc1. The Bertz CT molecular complexity index is 676. The Kier molecular flexibility index (Phi) is 4.52. The fourth-order valence-electron chi connectivity index (χ4n) is 1.74. The number of nitrogens with two attached hydrogens (primary N) is 1. The summed E-state index contributed by atoms with van der Waals surface area (Å²) in [5.74, 6) is -0.497. The molecule has 0 aliphatic rings. The minimum absolute atomic E-state index is 0.155. The van der Waals surface area contributed by atoms with E-state index < -0.39 is 16.9 Å². The van der Waals surface area contributed by atoms with Crippen LogP contribution in [0.4, 0.5) is 11.4 Å². The first-order valence-electron chi connectivity index (χ1n) is 6.04. The number of amides is 1. The summed E-state index contributed by atoms with van der Waals surface area (Å²) >= 11 is 5.92. The van der Waals surface area contributed by atoms with E-state index in [9.17, 15) is 14.9 Å². The van der Waals surface area contributed by atoms with Crippen LogP contribution in [0, 0.1) is 10.1 Å². The van der Waals surface area contributed by atoms with E-state index in [4.69, 9.17) is 17.3 Å². The van der Waals surface area contributed by atoms with E-state index in [1.54, 1.807) is 24.3 Å². The van der Waals surface area contributed by atoms with Crippen LogP contribution in [0.5, 0.6) is 0 Å². The molecule has 0 spiro atoms. The normalized spacial score (nSPS) is 11.7. The summed E-state index contributed by atoms with van der Waals surface area (Å²) < 4.78 is 0. The average molecular weight is 306 g/mol. The van der Waals surface area contributed by atoms with Gasteiger partial charge in [-0.05, 0) is 11.6 Å². The lowest BCUT2D eigenvalue weighted by molar-refractivity contribution is -0.384. The summed E-state index contributed by atoms with van der Waals surface area (Å²) in [5.41, 5.74) is 6.47. The van der Waals surface area contributed by atoms with Gasteiger partial charge in [-0.3, -0.25) is 14.9 Å². The first-order chi connectivity index (χ1) is 9.99. The van der Waals surface area contributed by atoms with Crippen LogP contribution in [0.25, 0.3) is 0 Å². The third-order valence-corrected chi connectivity index (χ3v) is 3.19. The van der Waals surface area contributed by atoms with Crippen molar-refractivity contribution in [3.8, 4) is 0 Å². The molecule has 0 radical (unpaired) electrons. The molecule has 0 saturated heterocycles. The van der Waals surface area contributed by atoms with Crippen LogP contribution in [-0.2, 0) is 4.79 Å². The van der Waals surface area contributed by atoms with Crippen LogP contribution < -0.4 is 11.1 Å². The summed E-state index contributed by atoms with van der Waals surface area (Å²) in [5, 5.41) is 13.4. The maximum Gasteiger partial charge on any atom is 0.271 e. The molecule has 0 saturated carbocycles. The van der Waals surface area contributed by atoms with E-state index in [2.05, 4.69) is 5.32 Å². The maximum atomic E-state index is 12.1. The molecule has 0 aliphatic carbocycles. The van der Waals surface area contributed by atoms with Crippen LogP contribution in [0.1, 0.15) is 11.6 Å². The van der Waals surface area contributed by atoms with Crippen LogP contribution in [0.2, 0.25) is 5.02 Å². The van der Waals surface area contributed by atoms with Crippen molar-refractivity contribution < 1.29 is 9.72 Å². The van der Waals surface area contributed by atoms with Crippen LogP contribution in [0.3, 0.4) is 0 Å². The van der Waals surface area contributed by atoms with Crippen molar-refractivity contribution in [1.29, 1.82) is 0 Å². The van der Waals surface area contributed by atoms with Crippen LogP contribution >= 0.6 is 11.6 Å². The number of nitro benzene ring substituents is 1. The fourth-order valence-corrected chi connectivity index (χ4v) is 1.91. The molecule has 0 aromatic heterocycles. The zero-order valence-corrected chi connectivity index (χ0v) is 11.6. The van der Waals surface area contributed by atoms with Crippen molar-refractivity contribution in [2.75, 3.05) is 5.32 Å². The first-order valence-corrected chi connectivity index (χ1v) is 6.42. The molecular formula is C14H12ClN3O3. The lowest BCUT2D eigenvalue weighted by Crippen LogP contribution is -2.27. The van der Waals surface area contributed by atoms with E-state index in [0.717, 1.165) is 0 Å². The van der Waals surface area contributed by atoms with Crippen molar-refractivity contribution in [1.82, 2.24) is 0 Å². The Morgan fingerprint density at radius 3 is 2.52 bits per heavy atom. The van der Waals surface area contributed by atoms with Gasteiger partial charge in [-0.2, -0.15) is 0 Å². The predicted octanol–water partition coefficient (Wildman–Crippen LogP) is 2.89. The quantitative estimate of drug-likeness (QED) is 0.670. The Balaban J connectivity index is 2.20. The number of benzene rings is 2. The second-order valence-corrected chi connectivity index (χ2v) is 4.71. The number of hydrogen-bond donors (Lipinski definition) is 2. The van der Waals surface area contributed by atoms with Gasteiger partial charge < -0.3 is 11.1 Å². The van der Waals surface area contributed by atoms with Gasteiger partial charge in [0.1, 0.15) is 6.04 Å². The van der Waals surface area contributed by atoms with Gasteiger partial charge in [-0.25, -0.2) is 0 Å². The molecule has 0 heterocycles. The number of nitrogens with zero attached hydrogens (tertiary/aromatic N) is 1. The molecule has 0 bridgehead atoms. The van der Waals surface area contributed by atoms with Crippen LogP contribution in [-0.4, -0.2) is 10.8 Å². The van der Waals surface area contributed by atoms with Gasteiger partial charge in [0.25, 0.3) is 5.69 Å². The van der Waals surface area contributed by atoms with Crippen molar-refractivity contribution in [2.24, 2.45) is 5.73 Å². The van der Waals surface area contributed by atoms with Gasteiger partial charge in [0.2, 0.25) is 5.91 Å². The largest absolute Gasteiger partial charge is 0.323 e. The van der Waals surface area contributed by atoms with Crippen molar-refractivity contribution in [2.45, 2.75) is 6.04 Å². The number of rotatable bonds is 4. The monoisotopic (exact) mass is 305 g/mol. The molecule has 1 atom stereocenters. The molecule has 6 nitrogen and oxygen atoms in total. The summed E-state index contributed by atoms with van der Waals surface area (Å²) in [4.78, 5) is 22.2. The van der Waals surface area contributed by atoms with E-state index in [0.29, 0.717) is 5.56 Å². The zero-order chi connectivity index (χ0) is 15.4. The van der Waals surface area contributed by atoms with E-state index in [1.807, 2.05) is 6.07 Å². The van der Waals surface area contributed by atoms with E-state index in [-0.39, 0.29) is 16.4 Å². The smallest absolute Gasteiger partial charge is 0.271 e. The van der Waals surface area contributed by atoms with Gasteiger partial charge in [-0.15, -0.1) is 0 Å². The standard InChI is InChI=1S/C14H12ClN3O3/c15-11-7-6-10(18(20)21)8-12(11)17-14(19)13(16)9-4-2-1-3-5-9/h1-8,13H,16H2,(H,17,19)/t13-/m1/s1. The van der Waals surface area contributed by atoms with Gasteiger partial charge in [0.05, 0.1) is 15.6 Å². The van der Waals surface area contributed by atoms with E-state index in [1.165, 1.54) is 18.2 Å². The number of anilines is 1. The number of halogens is 1. The highest BCUT2D eigenvalue weighted by molar-refractivity contribution is 6.33. The van der Waals surface area contributed by atoms with Gasteiger partial charge in [0.15, 0.2) is 0 Å². The molecule has 21 heavy (non-hydrogen) atoms. The molecule has 108 valence electrons. The van der Waals surface area contributed by atoms with Crippen molar-refractivity contribution in [3.05, 3.63) is 69.2 Å². The lowest BCUT2D eigenvalue weighted by Gasteiger charge is -2.13. The van der Waals surface area contributed by atoms with Crippen molar-refractivity contribution in [3.63, 3.8) is 0 Å². The van der Waals surface area contributed by atoms with Gasteiger partial charge in [-0.1, -0.05) is 41.9 Å². The van der Waals surface area contributed by atoms with Gasteiger partial charge in [0, 0.05) is 12.1 Å². The molecule has 2 aromatic carbocycles. The lowest BCUT2D eigenvalue weighted by atomic mass is 10.1. The Morgan fingerprint density at radius 1 is 1.24 bits per heavy atom. The molecule has 3 N–H and O–H groups in total. The molecule has 1 amide bonds. The number of nitrogens with one attached hydrogen (secondary N) is 1. The number of nitro groups is 1. The Hall–Kier alpha value is -2.44. The molecule has 2 aromatic rings. The average Bonchev–Trinajstić information content (AvgIpc) is 2.49. The number of carbonyl (C=O) groups is 1. The summed E-state index contributed by atoms with van der Waals surface area (Å²) in [7, 11) is 0. The minimum atomic E-state index is -0.887. The minimum Gasteiger partial charge on any atom is -0.323 e. The Labute approximate surface area is 125 Å². The molecule has 0 unspecified atom stereocenters. The van der Waals surface area contributed by atoms with Crippen molar-refractivity contribution >= 4 is 28.9 Å². The highest BCUT2D eigenvalue weighted by Crippen LogP contribution is 2.27. The first kappa shape index (κ1) is 15.0. The summed E-state index contributed by atoms with van der Waals surface area (Å²) in [6.45, 7) is 0. The Morgan fingerprint density at radius 2 is 1.90 bits per heavy atom. The van der Waals surface area contributed by atoms with Crippen LogP contribution in [0.15, 0.2) is 48.5 Å². The number of hydrogen-bond acceptors (Lipinski definition) is 4. The number of carbonyl (C=O) groups excluding carboxylic acids is 1. The highest BCUT2D eigenvalue weighted by Gasteiger charge is 2.18. The molecule has 0 fully saturated rings. The molecule has 0 aliphatic heterocycles. The second-order valence-electron chi connectivity index (χ2n) is 4.30. The van der Waals surface area contributed by atoms with E-state index >= 15 is 0 Å². The second kappa shape index (κ2) is 6.34. The number of non-ortho nitro benzene ring substituents is 1. The highest BCUT2D eigenvalue weighted by atomic mass is 35.5. The molecular weight excluding hydrogens is 294 g/mol. The topological polar surface area (TPSA) is 98.3 Å². The fraction of sp³-hybridized carbons (Fsp3) is 0.0714. The molecule has 7 heteroatoms. The third-order valence-electron chi connectivity index (χ3n) is 2.86. The summed E-state index contributed by atoms with van der Waals surface area (Å²) in [6.07, 6.45) is 0. The maximum absolute atomic E-state index is 12.1. The predicted molar refractivity (Wildman–Crippen MR) is 80.1 cm³/mol. The third kappa shape index (κ3) is 3.56. The summed E-state index contributed by atoms with van der Waals surface area (Å²) in [6, 6.07) is 11.7. The zero-order valence-electron chi connectivity index (χ0n) is 10.8.